The summed E-state index contributed by atoms with van der Waals surface area (Å²) in [4.78, 5) is 13.8. The summed E-state index contributed by atoms with van der Waals surface area (Å²) in [7, 11) is 2.01. The predicted molar refractivity (Wildman–Crippen MR) is 57.7 cm³/mol. The van der Waals surface area contributed by atoms with Gasteiger partial charge in [0.15, 0.2) is 5.78 Å². The normalized spacial score (nSPS) is 16.4. The van der Waals surface area contributed by atoms with Gasteiger partial charge in [-0.3, -0.25) is 4.79 Å². The maximum atomic E-state index is 11.7. The Morgan fingerprint density at radius 2 is 2.21 bits per heavy atom. The van der Waals surface area contributed by atoms with Crippen LogP contribution in [-0.4, -0.2) is 19.4 Å². The van der Waals surface area contributed by atoms with Crippen LogP contribution in [0.3, 0.4) is 0 Å². The average Bonchev–Trinajstić information content (AvgIpc) is 2.28. The number of anilines is 2. The lowest BCUT2D eigenvalue weighted by Gasteiger charge is -2.18. The van der Waals surface area contributed by atoms with Crippen LogP contribution in [0.25, 0.3) is 0 Å². The van der Waals surface area contributed by atoms with Crippen LogP contribution in [0.4, 0.5) is 11.4 Å². The first-order valence-corrected chi connectivity index (χ1v) is 4.82. The SMILES string of the molecule is CN1CCCC(=O)c2cc(N)ccc21. The Morgan fingerprint density at radius 3 is 3.00 bits per heavy atom. The fourth-order valence-electron chi connectivity index (χ4n) is 1.84. The van der Waals surface area contributed by atoms with Crippen molar-refractivity contribution in [2.75, 3.05) is 24.2 Å². The molecule has 0 atom stereocenters. The topological polar surface area (TPSA) is 46.3 Å². The van der Waals surface area contributed by atoms with Gasteiger partial charge < -0.3 is 10.6 Å². The molecule has 0 spiro atoms. The van der Waals surface area contributed by atoms with Crippen molar-refractivity contribution in [3.05, 3.63) is 23.8 Å². The maximum absolute atomic E-state index is 11.7. The molecule has 3 nitrogen and oxygen atoms in total. The molecule has 0 saturated carbocycles. The van der Waals surface area contributed by atoms with Crippen LogP contribution in [0.1, 0.15) is 23.2 Å². The number of hydrogen-bond acceptors (Lipinski definition) is 3. The van der Waals surface area contributed by atoms with Crippen LogP contribution < -0.4 is 10.6 Å². The third-order valence-electron chi connectivity index (χ3n) is 2.63. The highest BCUT2D eigenvalue weighted by Crippen LogP contribution is 2.26. The van der Waals surface area contributed by atoms with Gasteiger partial charge in [0, 0.05) is 37.0 Å². The first-order chi connectivity index (χ1) is 6.68. The Morgan fingerprint density at radius 1 is 1.43 bits per heavy atom. The second-order valence-electron chi connectivity index (χ2n) is 3.72. The second kappa shape index (κ2) is 3.33. The van der Waals surface area contributed by atoms with E-state index in [1.807, 2.05) is 19.2 Å². The van der Waals surface area contributed by atoms with E-state index in [0.29, 0.717) is 12.1 Å². The van der Waals surface area contributed by atoms with Gasteiger partial charge in [-0.05, 0) is 24.6 Å². The number of nitrogens with two attached hydrogens (primary N) is 1. The third-order valence-corrected chi connectivity index (χ3v) is 2.63. The van der Waals surface area contributed by atoms with Crippen molar-refractivity contribution in [2.45, 2.75) is 12.8 Å². The summed E-state index contributed by atoms with van der Waals surface area (Å²) in [5.41, 5.74) is 8.10. The van der Waals surface area contributed by atoms with E-state index in [-0.39, 0.29) is 5.78 Å². The largest absolute Gasteiger partial charge is 0.399 e. The third kappa shape index (κ3) is 1.45. The predicted octanol–water partition coefficient (Wildman–Crippen LogP) is 1.68. The van der Waals surface area contributed by atoms with Gasteiger partial charge in [0.1, 0.15) is 0 Å². The van der Waals surface area contributed by atoms with Gasteiger partial charge in [0.25, 0.3) is 0 Å². The minimum absolute atomic E-state index is 0.205. The first-order valence-electron chi connectivity index (χ1n) is 4.82. The molecule has 0 fully saturated rings. The summed E-state index contributed by atoms with van der Waals surface area (Å²) >= 11 is 0. The maximum Gasteiger partial charge on any atom is 0.165 e. The summed E-state index contributed by atoms with van der Waals surface area (Å²) in [6.45, 7) is 0.933. The van der Waals surface area contributed by atoms with Crippen LogP contribution >= 0.6 is 0 Å². The van der Waals surface area contributed by atoms with Gasteiger partial charge in [-0.15, -0.1) is 0 Å². The fraction of sp³-hybridized carbons (Fsp3) is 0.364. The molecule has 0 aromatic heterocycles. The van der Waals surface area contributed by atoms with Crippen LogP contribution in [0, 0.1) is 0 Å². The van der Waals surface area contributed by atoms with Gasteiger partial charge in [-0.2, -0.15) is 0 Å². The van der Waals surface area contributed by atoms with Crippen molar-refractivity contribution in [2.24, 2.45) is 0 Å². The number of rotatable bonds is 0. The lowest BCUT2D eigenvalue weighted by atomic mass is 10.1. The Kier molecular flexibility index (Phi) is 2.15. The highest BCUT2D eigenvalue weighted by molar-refractivity contribution is 6.02. The van der Waals surface area contributed by atoms with Crippen molar-refractivity contribution < 1.29 is 4.79 Å². The molecule has 0 radical (unpaired) electrons. The monoisotopic (exact) mass is 190 g/mol. The quantitative estimate of drug-likeness (QED) is 0.633. The number of nitrogen functional groups attached to an aromatic ring is 1. The van der Waals surface area contributed by atoms with Crippen molar-refractivity contribution in [1.82, 2.24) is 0 Å². The second-order valence-corrected chi connectivity index (χ2v) is 3.72. The zero-order valence-electron chi connectivity index (χ0n) is 8.29. The van der Waals surface area contributed by atoms with Crippen LogP contribution in [0.15, 0.2) is 18.2 Å². The molecular formula is C11H14N2O. The highest BCUT2D eigenvalue weighted by atomic mass is 16.1. The van der Waals surface area contributed by atoms with Gasteiger partial charge in [-0.1, -0.05) is 0 Å². The summed E-state index contributed by atoms with van der Waals surface area (Å²) < 4.78 is 0. The number of benzene rings is 1. The van der Waals surface area contributed by atoms with Crippen molar-refractivity contribution in [3.8, 4) is 0 Å². The average molecular weight is 190 g/mol. The van der Waals surface area contributed by atoms with Crippen LogP contribution in [0.5, 0.6) is 0 Å². The summed E-state index contributed by atoms with van der Waals surface area (Å²) in [6, 6.07) is 5.54. The molecule has 3 heteroatoms. The van der Waals surface area contributed by atoms with E-state index in [2.05, 4.69) is 4.90 Å². The number of hydrogen-bond donors (Lipinski definition) is 1. The molecule has 0 aliphatic carbocycles. The lowest BCUT2D eigenvalue weighted by Crippen LogP contribution is -2.17. The van der Waals surface area contributed by atoms with Gasteiger partial charge in [-0.25, -0.2) is 0 Å². The Hall–Kier alpha value is -1.51. The number of fused-ring (bicyclic) bond motifs is 1. The molecule has 0 saturated heterocycles. The number of nitrogens with zero attached hydrogens (tertiary/aromatic N) is 1. The van der Waals surface area contributed by atoms with Crippen molar-refractivity contribution >= 4 is 17.2 Å². The van der Waals surface area contributed by atoms with E-state index in [9.17, 15) is 4.79 Å². The summed E-state index contributed by atoms with van der Waals surface area (Å²) in [5, 5.41) is 0. The van der Waals surface area contributed by atoms with Gasteiger partial charge in [0.2, 0.25) is 0 Å². The molecule has 1 heterocycles. The smallest absolute Gasteiger partial charge is 0.165 e. The molecule has 2 N–H and O–H groups in total. The molecular weight excluding hydrogens is 176 g/mol. The number of ketones is 1. The number of Topliss-reactive ketones (excluding diaryl/α,β-unsaturated/α-hetero) is 1. The molecule has 0 bridgehead atoms. The van der Waals surface area contributed by atoms with Gasteiger partial charge >= 0.3 is 0 Å². The molecule has 74 valence electrons. The van der Waals surface area contributed by atoms with E-state index in [0.717, 1.165) is 24.2 Å². The Bertz CT molecular complexity index is 374. The first kappa shape index (κ1) is 9.06. The Balaban J connectivity index is 2.54. The zero-order valence-corrected chi connectivity index (χ0v) is 8.29. The molecule has 1 aliphatic heterocycles. The fourth-order valence-corrected chi connectivity index (χ4v) is 1.84. The zero-order chi connectivity index (χ0) is 10.1. The molecule has 1 aromatic rings. The number of carbonyl (C=O) groups is 1. The van der Waals surface area contributed by atoms with Gasteiger partial charge in [0.05, 0.1) is 0 Å². The minimum Gasteiger partial charge on any atom is -0.399 e. The molecule has 2 rings (SSSR count). The van der Waals surface area contributed by atoms with E-state index in [1.165, 1.54) is 0 Å². The molecule has 0 unspecified atom stereocenters. The van der Waals surface area contributed by atoms with E-state index >= 15 is 0 Å². The van der Waals surface area contributed by atoms with Crippen molar-refractivity contribution in [3.63, 3.8) is 0 Å². The van der Waals surface area contributed by atoms with E-state index < -0.39 is 0 Å². The van der Waals surface area contributed by atoms with Crippen molar-refractivity contribution in [1.29, 1.82) is 0 Å². The lowest BCUT2D eigenvalue weighted by molar-refractivity contribution is 0.0984. The molecule has 0 amide bonds. The number of carbonyl (C=O) groups excluding carboxylic acids is 1. The minimum atomic E-state index is 0.205. The summed E-state index contributed by atoms with van der Waals surface area (Å²) in [6.07, 6.45) is 1.55. The highest BCUT2D eigenvalue weighted by Gasteiger charge is 2.18. The molecule has 1 aliphatic rings. The molecule has 1 aromatic carbocycles. The van der Waals surface area contributed by atoms with Crippen LogP contribution in [0.2, 0.25) is 0 Å². The van der Waals surface area contributed by atoms with E-state index in [1.54, 1.807) is 6.07 Å². The summed E-state index contributed by atoms with van der Waals surface area (Å²) in [5.74, 6) is 0.205. The molecule has 14 heavy (non-hydrogen) atoms. The van der Waals surface area contributed by atoms with Crippen LogP contribution in [-0.2, 0) is 0 Å². The standard InChI is InChI=1S/C11H14N2O/c1-13-6-2-3-11(14)9-7-8(12)4-5-10(9)13/h4-5,7H,2-3,6,12H2,1H3. The van der Waals surface area contributed by atoms with E-state index in [4.69, 9.17) is 5.73 Å². The Labute approximate surface area is 83.5 Å².